The lowest BCUT2D eigenvalue weighted by molar-refractivity contribution is -0.167. The second-order valence-electron chi connectivity index (χ2n) is 23.1. The smallest absolute Gasteiger partial charge is 0.306 e. The van der Waals surface area contributed by atoms with Gasteiger partial charge in [-0.25, -0.2) is 0 Å². The zero-order valence-electron chi connectivity index (χ0n) is 50.0. The van der Waals surface area contributed by atoms with Crippen LogP contribution in [-0.4, -0.2) is 37.2 Å². The van der Waals surface area contributed by atoms with Crippen LogP contribution in [0.4, 0.5) is 0 Å². The molecule has 0 radical (unpaired) electrons. The summed E-state index contributed by atoms with van der Waals surface area (Å²) in [7, 11) is 0. The van der Waals surface area contributed by atoms with Crippen LogP contribution in [0, 0.1) is 0 Å². The minimum atomic E-state index is -0.761. The quantitative estimate of drug-likeness (QED) is 0.0343. The minimum absolute atomic E-state index is 0.0614. The second kappa shape index (κ2) is 62.9. The van der Waals surface area contributed by atoms with E-state index in [0.717, 1.165) is 57.8 Å². The third-order valence-electron chi connectivity index (χ3n) is 15.6. The topological polar surface area (TPSA) is 78.9 Å². The molecule has 0 N–H and O–H groups in total. The van der Waals surface area contributed by atoms with E-state index in [9.17, 15) is 14.4 Å². The third kappa shape index (κ3) is 61.1. The van der Waals surface area contributed by atoms with E-state index >= 15 is 0 Å². The highest BCUT2D eigenvalue weighted by molar-refractivity contribution is 5.71. The predicted octanol–water partition coefficient (Wildman–Crippen LogP) is 22.7. The Morgan fingerprint density at radius 3 is 0.548 bits per heavy atom. The standard InChI is InChI=1S/C67H130O6/c1-4-7-10-13-16-18-20-22-24-26-28-30-32-33-35-36-38-40-42-44-46-48-51-54-57-60-66(69)72-63-64(62-71-65(68)59-56-53-50-15-12-9-6-3)73-67(70)61-58-55-52-49-47-45-43-41-39-37-34-31-29-27-25-23-21-19-17-14-11-8-5-2/h64H,4-63H2,1-3H3. The van der Waals surface area contributed by atoms with Gasteiger partial charge in [-0.15, -0.1) is 0 Å². The molecule has 0 aliphatic carbocycles. The molecule has 0 amide bonds. The van der Waals surface area contributed by atoms with Crippen molar-refractivity contribution in [2.75, 3.05) is 13.2 Å². The lowest BCUT2D eigenvalue weighted by Gasteiger charge is -2.18. The molecule has 0 saturated heterocycles. The Bertz CT molecular complexity index is 1090. The van der Waals surface area contributed by atoms with E-state index in [4.69, 9.17) is 14.2 Å². The van der Waals surface area contributed by atoms with E-state index in [0.29, 0.717) is 19.3 Å². The summed E-state index contributed by atoms with van der Waals surface area (Å²) in [4.78, 5) is 38.1. The minimum Gasteiger partial charge on any atom is -0.462 e. The average molecular weight is 1030 g/mol. The van der Waals surface area contributed by atoms with Gasteiger partial charge in [0.1, 0.15) is 13.2 Å². The van der Waals surface area contributed by atoms with Gasteiger partial charge in [-0.1, -0.05) is 355 Å². The monoisotopic (exact) mass is 1030 g/mol. The summed E-state index contributed by atoms with van der Waals surface area (Å²) in [5.41, 5.74) is 0. The van der Waals surface area contributed by atoms with Crippen LogP contribution < -0.4 is 0 Å². The first-order valence-electron chi connectivity index (χ1n) is 33.5. The first-order chi connectivity index (χ1) is 36.0. The van der Waals surface area contributed by atoms with Crippen molar-refractivity contribution in [3.05, 3.63) is 0 Å². The predicted molar refractivity (Wildman–Crippen MR) is 317 cm³/mol. The highest BCUT2D eigenvalue weighted by atomic mass is 16.6. The number of carbonyl (C=O) groups excluding carboxylic acids is 3. The molecule has 0 fully saturated rings. The Kier molecular flexibility index (Phi) is 61.6. The molecule has 0 aromatic heterocycles. The van der Waals surface area contributed by atoms with Crippen molar-refractivity contribution >= 4 is 17.9 Å². The van der Waals surface area contributed by atoms with Crippen LogP contribution in [0.3, 0.4) is 0 Å². The number of carbonyl (C=O) groups is 3. The largest absolute Gasteiger partial charge is 0.462 e. The molecule has 0 aromatic rings. The Morgan fingerprint density at radius 2 is 0.370 bits per heavy atom. The molecule has 1 atom stereocenters. The number of esters is 3. The van der Waals surface area contributed by atoms with E-state index in [-0.39, 0.29) is 31.1 Å². The average Bonchev–Trinajstić information content (AvgIpc) is 3.39. The fourth-order valence-electron chi connectivity index (χ4n) is 10.6. The number of unbranched alkanes of at least 4 members (excludes halogenated alkanes) is 52. The Hall–Kier alpha value is -1.59. The molecule has 0 rings (SSSR count). The van der Waals surface area contributed by atoms with Crippen LogP contribution in [0.15, 0.2) is 0 Å². The number of hydrogen-bond donors (Lipinski definition) is 0. The van der Waals surface area contributed by atoms with Gasteiger partial charge >= 0.3 is 17.9 Å². The first-order valence-corrected chi connectivity index (χ1v) is 33.5. The van der Waals surface area contributed by atoms with Gasteiger partial charge in [0.2, 0.25) is 0 Å². The van der Waals surface area contributed by atoms with E-state index in [2.05, 4.69) is 20.8 Å². The van der Waals surface area contributed by atoms with Gasteiger partial charge in [0.15, 0.2) is 6.10 Å². The SMILES string of the molecule is CCCCCCCCCCCCCCCCCCCCCCCCCCCC(=O)OCC(COC(=O)CCCCCCCCC)OC(=O)CCCCCCCCCCCCCCCCCCCCCCCCC. The summed E-state index contributed by atoms with van der Waals surface area (Å²) >= 11 is 0. The highest BCUT2D eigenvalue weighted by Gasteiger charge is 2.19. The van der Waals surface area contributed by atoms with Crippen molar-refractivity contribution in [2.24, 2.45) is 0 Å². The number of rotatable bonds is 63. The van der Waals surface area contributed by atoms with Crippen LogP contribution in [0.1, 0.15) is 393 Å². The normalized spacial score (nSPS) is 11.9. The van der Waals surface area contributed by atoms with Gasteiger partial charge < -0.3 is 14.2 Å². The summed E-state index contributed by atoms with van der Waals surface area (Å²) in [5.74, 6) is -0.835. The molecule has 0 aliphatic heterocycles. The van der Waals surface area contributed by atoms with E-state index in [1.165, 1.54) is 295 Å². The molecule has 1 unspecified atom stereocenters. The van der Waals surface area contributed by atoms with Gasteiger partial charge in [0.25, 0.3) is 0 Å². The summed E-state index contributed by atoms with van der Waals surface area (Å²) in [5, 5.41) is 0. The van der Waals surface area contributed by atoms with Crippen LogP contribution >= 0.6 is 0 Å². The number of ether oxygens (including phenoxy) is 3. The second-order valence-corrected chi connectivity index (χ2v) is 23.1. The lowest BCUT2D eigenvalue weighted by atomic mass is 10.0. The van der Waals surface area contributed by atoms with Gasteiger partial charge in [-0.2, -0.15) is 0 Å². The summed E-state index contributed by atoms with van der Waals surface area (Å²) in [6, 6.07) is 0. The third-order valence-corrected chi connectivity index (χ3v) is 15.6. The molecule has 0 heterocycles. The zero-order valence-corrected chi connectivity index (χ0v) is 50.0. The van der Waals surface area contributed by atoms with Crippen LogP contribution in [-0.2, 0) is 28.6 Å². The molecule has 0 spiro atoms. The molecular weight excluding hydrogens is 901 g/mol. The lowest BCUT2D eigenvalue weighted by Crippen LogP contribution is -2.30. The molecule has 73 heavy (non-hydrogen) atoms. The maximum absolute atomic E-state index is 12.9. The molecule has 6 heteroatoms. The van der Waals surface area contributed by atoms with Crippen molar-refractivity contribution in [1.82, 2.24) is 0 Å². The molecule has 0 bridgehead atoms. The van der Waals surface area contributed by atoms with Crippen molar-refractivity contribution in [3.63, 3.8) is 0 Å². The maximum atomic E-state index is 12.9. The van der Waals surface area contributed by atoms with Crippen molar-refractivity contribution in [1.29, 1.82) is 0 Å². The Balaban J connectivity index is 4.02. The molecule has 434 valence electrons. The maximum Gasteiger partial charge on any atom is 0.306 e. The van der Waals surface area contributed by atoms with E-state index in [1.54, 1.807) is 0 Å². The van der Waals surface area contributed by atoms with Gasteiger partial charge in [0, 0.05) is 19.3 Å². The molecular formula is C67H130O6. The summed E-state index contributed by atoms with van der Waals surface area (Å²) < 4.78 is 16.9. The number of hydrogen-bond acceptors (Lipinski definition) is 6. The van der Waals surface area contributed by atoms with Crippen LogP contribution in [0.2, 0.25) is 0 Å². The Morgan fingerprint density at radius 1 is 0.219 bits per heavy atom. The van der Waals surface area contributed by atoms with Crippen LogP contribution in [0.5, 0.6) is 0 Å². The van der Waals surface area contributed by atoms with Gasteiger partial charge in [-0.3, -0.25) is 14.4 Å². The van der Waals surface area contributed by atoms with E-state index < -0.39 is 6.10 Å². The fourth-order valence-corrected chi connectivity index (χ4v) is 10.6. The van der Waals surface area contributed by atoms with Crippen molar-refractivity contribution in [3.8, 4) is 0 Å². The first kappa shape index (κ1) is 71.4. The van der Waals surface area contributed by atoms with Crippen molar-refractivity contribution < 1.29 is 28.6 Å². The van der Waals surface area contributed by atoms with Crippen molar-refractivity contribution in [2.45, 2.75) is 399 Å². The van der Waals surface area contributed by atoms with Crippen LogP contribution in [0.25, 0.3) is 0 Å². The van der Waals surface area contributed by atoms with Gasteiger partial charge in [0.05, 0.1) is 0 Å². The molecule has 0 saturated carbocycles. The molecule has 6 nitrogen and oxygen atoms in total. The Labute approximate surface area is 457 Å². The summed E-state index contributed by atoms with van der Waals surface area (Å²) in [6.07, 6.45) is 73.0. The van der Waals surface area contributed by atoms with E-state index in [1.807, 2.05) is 0 Å². The summed E-state index contributed by atoms with van der Waals surface area (Å²) in [6.45, 7) is 6.69. The highest BCUT2D eigenvalue weighted by Crippen LogP contribution is 2.19. The molecule has 0 aromatic carbocycles. The van der Waals surface area contributed by atoms with Gasteiger partial charge in [-0.05, 0) is 19.3 Å². The zero-order chi connectivity index (χ0) is 52.9. The molecule has 0 aliphatic rings. The fraction of sp³-hybridized carbons (Fsp3) is 0.955.